The SMILES string of the molecule is Fc1cc(Cl)cnc1NC1CCOc2ccccc21. The van der Waals surface area contributed by atoms with Crippen molar-refractivity contribution in [1.29, 1.82) is 0 Å². The number of fused-ring (bicyclic) bond motifs is 1. The number of hydrogen-bond donors (Lipinski definition) is 1. The number of benzene rings is 1. The Balaban J connectivity index is 1.88. The van der Waals surface area contributed by atoms with Gasteiger partial charge in [-0.05, 0) is 12.1 Å². The van der Waals surface area contributed by atoms with E-state index in [9.17, 15) is 4.39 Å². The third-order valence-corrected chi connectivity index (χ3v) is 3.28. The molecule has 3 rings (SSSR count). The minimum Gasteiger partial charge on any atom is -0.493 e. The van der Waals surface area contributed by atoms with Crippen molar-refractivity contribution in [3.8, 4) is 5.75 Å². The summed E-state index contributed by atoms with van der Waals surface area (Å²) < 4.78 is 19.3. The summed E-state index contributed by atoms with van der Waals surface area (Å²) in [5.41, 5.74) is 1.02. The number of nitrogens with zero attached hydrogens (tertiary/aromatic N) is 1. The van der Waals surface area contributed by atoms with Crippen LogP contribution in [0.4, 0.5) is 10.2 Å². The minimum absolute atomic E-state index is 0.00637. The molecule has 1 unspecified atom stereocenters. The topological polar surface area (TPSA) is 34.2 Å². The van der Waals surface area contributed by atoms with E-state index in [1.165, 1.54) is 12.3 Å². The molecule has 0 bridgehead atoms. The number of ether oxygens (including phenoxy) is 1. The maximum atomic E-state index is 13.7. The van der Waals surface area contributed by atoms with E-state index in [4.69, 9.17) is 16.3 Å². The van der Waals surface area contributed by atoms with Crippen molar-refractivity contribution in [1.82, 2.24) is 4.98 Å². The van der Waals surface area contributed by atoms with Gasteiger partial charge >= 0.3 is 0 Å². The van der Waals surface area contributed by atoms with Gasteiger partial charge in [0.05, 0.1) is 17.7 Å². The molecule has 0 radical (unpaired) electrons. The molecular formula is C14H12ClFN2O. The van der Waals surface area contributed by atoms with Crippen LogP contribution < -0.4 is 10.1 Å². The van der Waals surface area contributed by atoms with Crippen LogP contribution in [0.15, 0.2) is 36.5 Å². The highest BCUT2D eigenvalue weighted by Gasteiger charge is 2.22. The molecule has 0 amide bonds. The molecule has 1 atom stereocenters. The van der Waals surface area contributed by atoms with Gasteiger partial charge in [0.1, 0.15) is 5.75 Å². The van der Waals surface area contributed by atoms with Gasteiger partial charge in [0.2, 0.25) is 0 Å². The zero-order valence-corrected chi connectivity index (χ0v) is 10.8. The summed E-state index contributed by atoms with van der Waals surface area (Å²) in [7, 11) is 0. The van der Waals surface area contributed by atoms with E-state index in [1.807, 2.05) is 24.3 Å². The molecule has 1 N–H and O–H groups in total. The molecule has 0 fully saturated rings. The van der Waals surface area contributed by atoms with Crippen LogP contribution in [-0.2, 0) is 0 Å². The Morgan fingerprint density at radius 3 is 3.05 bits per heavy atom. The van der Waals surface area contributed by atoms with Crippen LogP contribution in [0.25, 0.3) is 0 Å². The van der Waals surface area contributed by atoms with Gasteiger partial charge in [0, 0.05) is 18.2 Å². The third-order valence-electron chi connectivity index (χ3n) is 3.08. The predicted octanol–water partition coefficient (Wildman–Crippen LogP) is 3.81. The molecule has 1 aromatic carbocycles. The lowest BCUT2D eigenvalue weighted by Crippen LogP contribution is -2.21. The lowest BCUT2D eigenvalue weighted by atomic mass is 10.0. The molecule has 0 spiro atoms. The minimum atomic E-state index is -0.448. The van der Waals surface area contributed by atoms with E-state index in [0.29, 0.717) is 6.61 Å². The fourth-order valence-corrected chi connectivity index (χ4v) is 2.32. The number of nitrogens with one attached hydrogen (secondary N) is 1. The summed E-state index contributed by atoms with van der Waals surface area (Å²) in [4.78, 5) is 3.99. The van der Waals surface area contributed by atoms with Crippen molar-refractivity contribution < 1.29 is 9.13 Å². The first-order valence-corrected chi connectivity index (χ1v) is 6.41. The largest absolute Gasteiger partial charge is 0.493 e. The Kier molecular flexibility index (Phi) is 3.25. The number of halogens is 2. The van der Waals surface area contributed by atoms with Crippen LogP contribution in [-0.4, -0.2) is 11.6 Å². The lowest BCUT2D eigenvalue weighted by molar-refractivity contribution is 0.274. The number of anilines is 1. The Hall–Kier alpha value is -1.81. The molecule has 0 saturated heterocycles. The van der Waals surface area contributed by atoms with Crippen LogP contribution >= 0.6 is 11.6 Å². The number of para-hydroxylation sites is 1. The first-order valence-electron chi connectivity index (χ1n) is 6.03. The fourth-order valence-electron chi connectivity index (χ4n) is 2.18. The molecule has 2 aromatic rings. The molecule has 0 aliphatic carbocycles. The molecule has 1 aromatic heterocycles. The average Bonchev–Trinajstić information content (AvgIpc) is 2.42. The van der Waals surface area contributed by atoms with Gasteiger partial charge in [-0.15, -0.1) is 0 Å². The van der Waals surface area contributed by atoms with Gasteiger partial charge in [-0.1, -0.05) is 29.8 Å². The molecule has 1 aliphatic rings. The van der Waals surface area contributed by atoms with E-state index >= 15 is 0 Å². The van der Waals surface area contributed by atoms with Gasteiger partial charge in [-0.2, -0.15) is 0 Å². The molecule has 98 valence electrons. The Morgan fingerprint density at radius 1 is 1.37 bits per heavy atom. The number of hydrogen-bond acceptors (Lipinski definition) is 3. The van der Waals surface area contributed by atoms with Crippen molar-refractivity contribution in [3.05, 3.63) is 52.9 Å². The van der Waals surface area contributed by atoms with Crippen molar-refractivity contribution >= 4 is 17.4 Å². The number of rotatable bonds is 2. The molecule has 5 heteroatoms. The van der Waals surface area contributed by atoms with E-state index < -0.39 is 5.82 Å². The summed E-state index contributed by atoms with van der Waals surface area (Å²) in [6.45, 7) is 0.601. The first-order chi connectivity index (χ1) is 9.24. The molecular weight excluding hydrogens is 267 g/mol. The summed E-state index contributed by atoms with van der Waals surface area (Å²) >= 11 is 5.69. The second-order valence-corrected chi connectivity index (χ2v) is 4.79. The highest BCUT2D eigenvalue weighted by molar-refractivity contribution is 6.30. The molecule has 1 aliphatic heterocycles. The van der Waals surface area contributed by atoms with E-state index in [1.54, 1.807) is 0 Å². The second kappa shape index (κ2) is 5.05. The van der Waals surface area contributed by atoms with E-state index in [-0.39, 0.29) is 16.9 Å². The zero-order chi connectivity index (χ0) is 13.2. The van der Waals surface area contributed by atoms with Crippen molar-refractivity contribution in [2.75, 3.05) is 11.9 Å². The maximum Gasteiger partial charge on any atom is 0.166 e. The summed E-state index contributed by atoms with van der Waals surface area (Å²) in [5, 5.41) is 3.40. The van der Waals surface area contributed by atoms with Crippen LogP contribution in [0.2, 0.25) is 5.02 Å². The smallest absolute Gasteiger partial charge is 0.166 e. The van der Waals surface area contributed by atoms with Crippen LogP contribution in [0.1, 0.15) is 18.0 Å². The quantitative estimate of drug-likeness (QED) is 0.907. The van der Waals surface area contributed by atoms with Gasteiger partial charge in [-0.25, -0.2) is 9.37 Å². The van der Waals surface area contributed by atoms with Gasteiger partial charge in [0.25, 0.3) is 0 Å². The van der Waals surface area contributed by atoms with Gasteiger partial charge < -0.3 is 10.1 Å². The molecule has 19 heavy (non-hydrogen) atoms. The summed E-state index contributed by atoms with van der Waals surface area (Å²) in [5.74, 6) is 0.600. The standard InChI is InChI=1S/C14H12ClFN2O/c15-9-7-11(16)14(17-8-9)18-12-5-6-19-13-4-2-1-3-10(12)13/h1-4,7-8,12H,5-6H2,(H,17,18). The first kappa shape index (κ1) is 12.2. The monoisotopic (exact) mass is 278 g/mol. The number of pyridine rings is 1. The normalized spacial score (nSPS) is 17.5. The van der Waals surface area contributed by atoms with Gasteiger partial charge in [-0.3, -0.25) is 0 Å². The molecule has 0 saturated carbocycles. The van der Waals surface area contributed by atoms with Crippen LogP contribution in [0.3, 0.4) is 0 Å². The van der Waals surface area contributed by atoms with Crippen LogP contribution in [0.5, 0.6) is 5.75 Å². The predicted molar refractivity (Wildman–Crippen MR) is 72.1 cm³/mol. The lowest BCUT2D eigenvalue weighted by Gasteiger charge is -2.27. The summed E-state index contributed by atoms with van der Waals surface area (Å²) in [6, 6.07) is 8.99. The van der Waals surface area contributed by atoms with E-state index in [2.05, 4.69) is 10.3 Å². The van der Waals surface area contributed by atoms with Crippen molar-refractivity contribution in [2.45, 2.75) is 12.5 Å². The Bertz CT molecular complexity index is 606. The molecule has 3 nitrogen and oxygen atoms in total. The molecule has 2 heterocycles. The van der Waals surface area contributed by atoms with Crippen molar-refractivity contribution in [2.24, 2.45) is 0 Å². The maximum absolute atomic E-state index is 13.7. The van der Waals surface area contributed by atoms with Gasteiger partial charge in [0.15, 0.2) is 11.6 Å². The van der Waals surface area contributed by atoms with Crippen molar-refractivity contribution in [3.63, 3.8) is 0 Å². The average molecular weight is 279 g/mol. The third kappa shape index (κ3) is 2.49. The Labute approximate surface area is 115 Å². The summed E-state index contributed by atoms with van der Waals surface area (Å²) in [6.07, 6.45) is 2.19. The fraction of sp³-hybridized carbons (Fsp3) is 0.214. The van der Waals surface area contributed by atoms with Crippen LogP contribution in [0, 0.1) is 5.82 Å². The highest BCUT2D eigenvalue weighted by atomic mass is 35.5. The van der Waals surface area contributed by atoms with E-state index in [0.717, 1.165) is 17.7 Å². The second-order valence-electron chi connectivity index (χ2n) is 4.36. The Morgan fingerprint density at radius 2 is 2.21 bits per heavy atom. The number of aromatic nitrogens is 1. The highest BCUT2D eigenvalue weighted by Crippen LogP contribution is 2.34. The zero-order valence-electron chi connectivity index (χ0n) is 10.1.